The average molecular weight is 477 g/mol. The number of sulfone groups is 1. The third-order valence-corrected chi connectivity index (χ3v) is 7.14. The largest absolute Gasteiger partial charge is 0.326 e. The van der Waals surface area contributed by atoms with Gasteiger partial charge < -0.3 is 10.6 Å². The van der Waals surface area contributed by atoms with Crippen LogP contribution in [0.15, 0.2) is 83.8 Å². The summed E-state index contributed by atoms with van der Waals surface area (Å²) in [6.45, 7) is 8.87. The van der Waals surface area contributed by atoms with Crippen LogP contribution in [0.4, 0.5) is 11.4 Å². The van der Waals surface area contributed by atoms with E-state index in [0.717, 1.165) is 22.3 Å². The summed E-state index contributed by atoms with van der Waals surface area (Å²) in [5, 5.41) is 5.77. The zero-order chi connectivity index (χ0) is 24.9. The van der Waals surface area contributed by atoms with Gasteiger partial charge in [-0.1, -0.05) is 49.9 Å². The summed E-state index contributed by atoms with van der Waals surface area (Å²) in [4.78, 5) is 24.9. The number of amides is 2. The van der Waals surface area contributed by atoms with Gasteiger partial charge in [0.05, 0.1) is 17.1 Å². The lowest BCUT2D eigenvalue weighted by atomic mass is 9.98. The highest BCUT2D eigenvalue weighted by atomic mass is 32.2. The molecule has 0 aromatic heterocycles. The van der Waals surface area contributed by atoms with Crippen LogP contribution >= 0.6 is 0 Å². The molecule has 0 fully saturated rings. The summed E-state index contributed by atoms with van der Waals surface area (Å²) in [7, 11) is -3.27. The number of nitrogens with one attached hydrogen (secondary N) is 2. The van der Waals surface area contributed by atoms with Crippen LogP contribution in [0.25, 0.3) is 11.1 Å². The van der Waals surface area contributed by atoms with E-state index in [0.29, 0.717) is 16.9 Å². The molecule has 7 heteroatoms. The van der Waals surface area contributed by atoms with Crippen molar-refractivity contribution in [1.29, 1.82) is 0 Å². The highest BCUT2D eigenvalue weighted by Crippen LogP contribution is 2.32. The standard InChI is InChI=1S/C27H28N2O4S/c1-5-34(32,33)22-13-10-20(11-14-22)17-26(30)28-21-12-15-23(19(4)16-21)24-8-6-7-9-25(24)29-27(31)18(2)3/h6-16H,2,5,17H2,1,3-4H3,(H,28,30)(H,29,31). The lowest BCUT2D eigenvalue weighted by molar-refractivity contribution is -0.115. The summed E-state index contributed by atoms with van der Waals surface area (Å²) in [6, 6.07) is 19.5. The van der Waals surface area contributed by atoms with Gasteiger partial charge in [-0.3, -0.25) is 9.59 Å². The number of benzene rings is 3. The molecule has 0 saturated heterocycles. The number of anilines is 2. The normalized spacial score (nSPS) is 11.0. The molecule has 0 aliphatic heterocycles. The van der Waals surface area contributed by atoms with Gasteiger partial charge in [-0.05, 0) is 60.9 Å². The molecule has 0 aliphatic carbocycles. The Morgan fingerprint density at radius 1 is 0.912 bits per heavy atom. The van der Waals surface area contributed by atoms with Crippen LogP contribution < -0.4 is 10.6 Å². The maximum atomic E-state index is 12.5. The molecule has 3 rings (SSSR count). The summed E-state index contributed by atoms with van der Waals surface area (Å²) in [6.07, 6.45) is 0.128. The van der Waals surface area contributed by atoms with E-state index in [9.17, 15) is 18.0 Å². The van der Waals surface area contributed by atoms with Gasteiger partial charge in [-0.15, -0.1) is 0 Å². The monoisotopic (exact) mass is 476 g/mol. The van der Waals surface area contributed by atoms with Crippen molar-refractivity contribution in [3.8, 4) is 11.1 Å². The van der Waals surface area contributed by atoms with Gasteiger partial charge in [0.15, 0.2) is 9.84 Å². The van der Waals surface area contributed by atoms with Crippen molar-refractivity contribution in [3.63, 3.8) is 0 Å². The van der Waals surface area contributed by atoms with Gasteiger partial charge >= 0.3 is 0 Å². The molecule has 0 saturated carbocycles. The van der Waals surface area contributed by atoms with Crippen molar-refractivity contribution in [2.75, 3.05) is 16.4 Å². The lowest BCUT2D eigenvalue weighted by Crippen LogP contribution is -2.15. The predicted molar refractivity (Wildman–Crippen MR) is 137 cm³/mol. The second-order valence-electron chi connectivity index (χ2n) is 8.08. The molecule has 0 bridgehead atoms. The summed E-state index contributed by atoms with van der Waals surface area (Å²) >= 11 is 0. The summed E-state index contributed by atoms with van der Waals surface area (Å²) in [5.41, 5.74) is 5.22. The van der Waals surface area contributed by atoms with E-state index in [4.69, 9.17) is 0 Å². The van der Waals surface area contributed by atoms with Crippen LogP contribution in [0, 0.1) is 6.92 Å². The molecule has 0 radical (unpaired) electrons. The maximum Gasteiger partial charge on any atom is 0.250 e. The van der Waals surface area contributed by atoms with Gasteiger partial charge in [0.1, 0.15) is 0 Å². The number of carbonyl (C=O) groups excluding carboxylic acids is 2. The molecular weight excluding hydrogens is 448 g/mol. The van der Waals surface area contributed by atoms with Crippen molar-refractivity contribution in [3.05, 3.63) is 90.0 Å². The maximum absolute atomic E-state index is 12.5. The van der Waals surface area contributed by atoms with Gasteiger partial charge in [0, 0.05) is 22.5 Å². The fourth-order valence-corrected chi connectivity index (χ4v) is 4.36. The van der Waals surface area contributed by atoms with Crippen LogP contribution in [0.3, 0.4) is 0 Å². The summed E-state index contributed by atoms with van der Waals surface area (Å²) in [5.74, 6) is -0.408. The lowest BCUT2D eigenvalue weighted by Gasteiger charge is -2.15. The number of rotatable bonds is 8. The minimum Gasteiger partial charge on any atom is -0.326 e. The average Bonchev–Trinajstić information content (AvgIpc) is 2.80. The molecule has 0 heterocycles. The van der Waals surface area contributed by atoms with E-state index in [2.05, 4.69) is 17.2 Å². The van der Waals surface area contributed by atoms with Crippen molar-refractivity contribution < 1.29 is 18.0 Å². The number of carbonyl (C=O) groups is 2. The first-order valence-corrected chi connectivity index (χ1v) is 12.5. The molecule has 176 valence electrons. The Morgan fingerprint density at radius 2 is 1.59 bits per heavy atom. The fourth-order valence-electron chi connectivity index (χ4n) is 3.47. The Kier molecular flexibility index (Phi) is 7.68. The number of hydrogen-bond acceptors (Lipinski definition) is 4. The molecule has 2 N–H and O–H groups in total. The molecular formula is C27H28N2O4S. The molecule has 0 aliphatic rings. The first-order chi connectivity index (χ1) is 16.1. The van der Waals surface area contributed by atoms with Gasteiger partial charge in [-0.2, -0.15) is 0 Å². The van der Waals surface area contributed by atoms with Crippen molar-refractivity contribution >= 4 is 33.0 Å². The van der Waals surface area contributed by atoms with Crippen molar-refractivity contribution in [1.82, 2.24) is 0 Å². The second-order valence-corrected chi connectivity index (χ2v) is 10.4. The van der Waals surface area contributed by atoms with Crippen LogP contribution in [0.1, 0.15) is 25.0 Å². The Hall–Kier alpha value is -3.71. The summed E-state index contributed by atoms with van der Waals surface area (Å²) < 4.78 is 23.9. The van der Waals surface area contributed by atoms with Crippen molar-refractivity contribution in [2.24, 2.45) is 0 Å². The molecule has 6 nitrogen and oxygen atoms in total. The number of para-hydroxylation sites is 1. The molecule has 34 heavy (non-hydrogen) atoms. The van der Waals surface area contributed by atoms with Gasteiger partial charge in [0.25, 0.3) is 5.91 Å². The third kappa shape index (κ3) is 5.99. The molecule has 0 unspecified atom stereocenters. The quantitative estimate of drug-likeness (QED) is 0.440. The SMILES string of the molecule is C=C(C)C(=O)Nc1ccccc1-c1ccc(NC(=O)Cc2ccc(S(=O)(=O)CC)cc2)cc1C. The van der Waals surface area contributed by atoms with E-state index in [1.807, 2.05) is 49.4 Å². The van der Waals surface area contributed by atoms with E-state index < -0.39 is 9.84 Å². The molecule has 0 spiro atoms. The zero-order valence-corrected chi connectivity index (χ0v) is 20.3. The van der Waals surface area contributed by atoms with Gasteiger partial charge in [0.2, 0.25) is 5.91 Å². The van der Waals surface area contributed by atoms with E-state index in [1.165, 1.54) is 12.1 Å². The van der Waals surface area contributed by atoms with Gasteiger partial charge in [-0.25, -0.2) is 8.42 Å². The molecule has 0 atom stereocenters. The Labute approximate surface area is 200 Å². The highest BCUT2D eigenvalue weighted by Gasteiger charge is 2.13. The van der Waals surface area contributed by atoms with Crippen LogP contribution in [0.5, 0.6) is 0 Å². The topological polar surface area (TPSA) is 92.3 Å². The molecule has 2 amide bonds. The fraction of sp³-hybridized carbons (Fsp3) is 0.185. The smallest absolute Gasteiger partial charge is 0.250 e. The minimum atomic E-state index is -3.27. The van der Waals surface area contributed by atoms with E-state index in [-0.39, 0.29) is 28.9 Å². The zero-order valence-electron chi connectivity index (χ0n) is 19.5. The first-order valence-electron chi connectivity index (χ1n) is 10.9. The van der Waals surface area contributed by atoms with Crippen LogP contribution in [0.2, 0.25) is 0 Å². The third-order valence-electron chi connectivity index (χ3n) is 5.39. The Balaban J connectivity index is 1.73. The number of aryl methyl sites for hydroxylation is 1. The highest BCUT2D eigenvalue weighted by molar-refractivity contribution is 7.91. The molecule has 3 aromatic carbocycles. The molecule has 3 aromatic rings. The Morgan fingerprint density at radius 3 is 2.21 bits per heavy atom. The predicted octanol–water partition coefficient (Wildman–Crippen LogP) is 5.15. The van der Waals surface area contributed by atoms with Crippen LogP contribution in [-0.4, -0.2) is 26.0 Å². The van der Waals surface area contributed by atoms with E-state index >= 15 is 0 Å². The second kappa shape index (κ2) is 10.5. The number of hydrogen-bond donors (Lipinski definition) is 2. The first kappa shape index (κ1) is 24.9. The van der Waals surface area contributed by atoms with Crippen LogP contribution in [-0.2, 0) is 25.8 Å². The van der Waals surface area contributed by atoms with E-state index in [1.54, 1.807) is 26.0 Å². The Bertz CT molecular complexity index is 1340. The van der Waals surface area contributed by atoms with Crippen molar-refractivity contribution in [2.45, 2.75) is 32.1 Å². The minimum absolute atomic E-state index is 0.0346.